The van der Waals surface area contributed by atoms with Gasteiger partial charge in [0.1, 0.15) is 0 Å². The SMILES string of the molecule is C=CC(=O)Nc1[c]ccc(-c2cnn(C)c2)c1. The molecule has 0 bridgehead atoms. The Labute approximate surface area is 99.6 Å². The van der Waals surface area contributed by atoms with Crippen molar-refractivity contribution in [2.45, 2.75) is 0 Å². The molecule has 0 spiro atoms. The van der Waals surface area contributed by atoms with E-state index in [9.17, 15) is 4.79 Å². The van der Waals surface area contributed by atoms with Crippen LogP contribution in [0.4, 0.5) is 5.69 Å². The molecule has 1 heterocycles. The summed E-state index contributed by atoms with van der Waals surface area (Å²) >= 11 is 0. The first-order valence-electron chi connectivity index (χ1n) is 5.13. The van der Waals surface area contributed by atoms with Crippen LogP contribution in [0.1, 0.15) is 0 Å². The molecule has 2 rings (SSSR count). The Bertz CT molecular complexity index is 557. The Morgan fingerprint density at radius 1 is 1.59 bits per heavy atom. The van der Waals surface area contributed by atoms with Crippen LogP contribution in [-0.4, -0.2) is 15.7 Å². The maximum Gasteiger partial charge on any atom is 0.247 e. The summed E-state index contributed by atoms with van der Waals surface area (Å²) in [6.07, 6.45) is 4.91. The maximum absolute atomic E-state index is 11.2. The summed E-state index contributed by atoms with van der Waals surface area (Å²) in [4.78, 5) is 11.2. The van der Waals surface area contributed by atoms with Gasteiger partial charge in [-0.3, -0.25) is 9.48 Å². The predicted octanol–water partition coefficient (Wildman–Crippen LogP) is 2.01. The highest BCUT2D eigenvalue weighted by atomic mass is 16.1. The summed E-state index contributed by atoms with van der Waals surface area (Å²) in [7, 11) is 1.86. The molecular weight excluding hydrogens is 214 g/mol. The van der Waals surface area contributed by atoms with Crippen LogP contribution < -0.4 is 5.32 Å². The van der Waals surface area contributed by atoms with Crippen LogP contribution in [0.2, 0.25) is 0 Å². The molecule has 1 N–H and O–H groups in total. The van der Waals surface area contributed by atoms with Crippen molar-refractivity contribution in [3.63, 3.8) is 0 Å². The first-order chi connectivity index (χ1) is 8.19. The minimum absolute atomic E-state index is 0.246. The summed E-state index contributed by atoms with van der Waals surface area (Å²) in [5.74, 6) is -0.246. The molecule has 0 fully saturated rings. The molecule has 0 saturated heterocycles. The Hall–Kier alpha value is -2.36. The average Bonchev–Trinajstić information content (AvgIpc) is 2.76. The van der Waals surface area contributed by atoms with Gasteiger partial charge in [-0.25, -0.2) is 0 Å². The van der Waals surface area contributed by atoms with Crippen molar-refractivity contribution in [3.05, 3.63) is 49.3 Å². The largest absolute Gasteiger partial charge is 0.322 e. The molecule has 4 heteroatoms. The molecule has 0 aliphatic carbocycles. The summed E-state index contributed by atoms with van der Waals surface area (Å²) in [5, 5.41) is 6.77. The van der Waals surface area contributed by atoms with Gasteiger partial charge in [0.15, 0.2) is 0 Å². The number of hydrogen-bond donors (Lipinski definition) is 1. The first kappa shape index (κ1) is 11.1. The molecule has 0 aliphatic rings. The second kappa shape index (κ2) is 4.65. The lowest BCUT2D eigenvalue weighted by Gasteiger charge is -2.03. The number of nitrogens with one attached hydrogen (secondary N) is 1. The second-order valence-electron chi connectivity index (χ2n) is 3.59. The third kappa shape index (κ3) is 2.60. The Kier molecular flexibility index (Phi) is 3.05. The number of hydrogen-bond acceptors (Lipinski definition) is 2. The van der Waals surface area contributed by atoms with Crippen molar-refractivity contribution in [2.75, 3.05) is 5.32 Å². The van der Waals surface area contributed by atoms with Gasteiger partial charge in [0.2, 0.25) is 5.91 Å². The summed E-state index contributed by atoms with van der Waals surface area (Å²) < 4.78 is 1.73. The molecule has 0 aliphatic heterocycles. The van der Waals surface area contributed by atoms with Crippen molar-refractivity contribution >= 4 is 11.6 Å². The third-order valence-electron chi connectivity index (χ3n) is 2.28. The number of aryl methyl sites for hydroxylation is 1. The van der Waals surface area contributed by atoms with Gasteiger partial charge in [0.25, 0.3) is 0 Å². The van der Waals surface area contributed by atoms with E-state index in [1.54, 1.807) is 16.9 Å². The number of benzene rings is 1. The Morgan fingerprint density at radius 3 is 3.06 bits per heavy atom. The zero-order valence-electron chi connectivity index (χ0n) is 9.47. The molecule has 0 atom stereocenters. The third-order valence-corrected chi connectivity index (χ3v) is 2.28. The minimum Gasteiger partial charge on any atom is -0.322 e. The quantitative estimate of drug-likeness (QED) is 0.814. The topological polar surface area (TPSA) is 46.9 Å². The molecule has 2 aromatic rings. The maximum atomic E-state index is 11.2. The number of amides is 1. The Balaban J connectivity index is 2.28. The number of nitrogens with zero attached hydrogens (tertiary/aromatic N) is 2. The monoisotopic (exact) mass is 226 g/mol. The number of anilines is 1. The molecule has 1 amide bonds. The smallest absolute Gasteiger partial charge is 0.247 e. The molecule has 17 heavy (non-hydrogen) atoms. The van der Waals surface area contributed by atoms with Gasteiger partial charge in [-0.2, -0.15) is 5.10 Å². The van der Waals surface area contributed by atoms with Gasteiger partial charge < -0.3 is 5.32 Å². The standard InChI is InChI=1S/C13H12N3O/c1-3-13(17)15-12-6-4-5-10(7-12)11-8-14-16(2)9-11/h3-5,7-9H,1H2,2H3,(H,15,17). The van der Waals surface area contributed by atoms with Crippen LogP contribution in [-0.2, 0) is 11.8 Å². The molecule has 1 radical (unpaired) electrons. The molecule has 0 unspecified atom stereocenters. The van der Waals surface area contributed by atoms with E-state index in [0.29, 0.717) is 5.69 Å². The van der Waals surface area contributed by atoms with Crippen LogP contribution in [0, 0.1) is 6.07 Å². The van der Waals surface area contributed by atoms with Crippen LogP contribution >= 0.6 is 0 Å². The Morgan fingerprint density at radius 2 is 2.41 bits per heavy atom. The first-order valence-corrected chi connectivity index (χ1v) is 5.13. The van der Waals surface area contributed by atoms with Crippen molar-refractivity contribution < 1.29 is 4.79 Å². The van der Waals surface area contributed by atoms with E-state index in [4.69, 9.17) is 0 Å². The number of aromatic nitrogens is 2. The normalized spacial score (nSPS) is 9.94. The van der Waals surface area contributed by atoms with E-state index >= 15 is 0 Å². The highest BCUT2D eigenvalue weighted by molar-refractivity contribution is 5.99. The van der Waals surface area contributed by atoms with Crippen molar-refractivity contribution in [1.29, 1.82) is 0 Å². The summed E-state index contributed by atoms with van der Waals surface area (Å²) in [6.45, 7) is 3.40. The van der Waals surface area contributed by atoms with E-state index in [1.165, 1.54) is 6.08 Å². The lowest BCUT2D eigenvalue weighted by atomic mass is 10.1. The highest BCUT2D eigenvalue weighted by Gasteiger charge is 2.03. The fourth-order valence-corrected chi connectivity index (χ4v) is 1.47. The molecule has 4 nitrogen and oxygen atoms in total. The average molecular weight is 226 g/mol. The molecule has 1 aromatic carbocycles. The number of carbonyl (C=O) groups excluding carboxylic acids is 1. The second-order valence-corrected chi connectivity index (χ2v) is 3.59. The zero-order chi connectivity index (χ0) is 12.3. The van der Waals surface area contributed by atoms with Gasteiger partial charge in [-0.15, -0.1) is 0 Å². The summed E-state index contributed by atoms with van der Waals surface area (Å²) in [5.41, 5.74) is 2.60. The van der Waals surface area contributed by atoms with Gasteiger partial charge in [0, 0.05) is 30.6 Å². The van der Waals surface area contributed by atoms with Crippen molar-refractivity contribution in [1.82, 2.24) is 9.78 Å². The fraction of sp³-hybridized carbons (Fsp3) is 0.0769. The van der Waals surface area contributed by atoms with Gasteiger partial charge in [-0.05, 0) is 17.7 Å². The summed E-state index contributed by atoms with van der Waals surface area (Å²) in [6, 6.07) is 8.47. The van der Waals surface area contributed by atoms with Crippen molar-refractivity contribution in [2.24, 2.45) is 7.05 Å². The molecule has 0 saturated carbocycles. The molecule has 85 valence electrons. The van der Waals surface area contributed by atoms with Crippen LogP contribution in [0.15, 0.2) is 43.2 Å². The van der Waals surface area contributed by atoms with E-state index in [2.05, 4.69) is 23.1 Å². The van der Waals surface area contributed by atoms with E-state index in [1.807, 2.05) is 25.4 Å². The van der Waals surface area contributed by atoms with E-state index < -0.39 is 0 Å². The predicted molar refractivity (Wildman–Crippen MR) is 66.3 cm³/mol. The number of carbonyl (C=O) groups is 1. The lowest BCUT2D eigenvalue weighted by Crippen LogP contribution is -2.07. The zero-order valence-corrected chi connectivity index (χ0v) is 9.47. The highest BCUT2D eigenvalue weighted by Crippen LogP contribution is 2.21. The van der Waals surface area contributed by atoms with Gasteiger partial charge >= 0.3 is 0 Å². The van der Waals surface area contributed by atoms with E-state index in [-0.39, 0.29) is 5.91 Å². The van der Waals surface area contributed by atoms with Gasteiger partial charge in [-0.1, -0.05) is 18.7 Å². The van der Waals surface area contributed by atoms with Crippen LogP contribution in [0.3, 0.4) is 0 Å². The molecule has 1 aromatic heterocycles. The number of rotatable bonds is 3. The fourth-order valence-electron chi connectivity index (χ4n) is 1.47. The molecular formula is C13H12N3O. The minimum atomic E-state index is -0.246. The van der Waals surface area contributed by atoms with E-state index in [0.717, 1.165) is 11.1 Å². The van der Waals surface area contributed by atoms with Gasteiger partial charge in [0.05, 0.1) is 6.20 Å². The van der Waals surface area contributed by atoms with Crippen LogP contribution in [0.25, 0.3) is 11.1 Å². The lowest BCUT2D eigenvalue weighted by molar-refractivity contribution is -0.111. The van der Waals surface area contributed by atoms with Crippen molar-refractivity contribution in [3.8, 4) is 11.1 Å². The van der Waals surface area contributed by atoms with Crippen LogP contribution in [0.5, 0.6) is 0 Å².